The first-order chi connectivity index (χ1) is 13.9. The van der Waals surface area contributed by atoms with Crippen molar-refractivity contribution < 1.29 is 39.1 Å². The van der Waals surface area contributed by atoms with Gasteiger partial charge < -0.3 is 4.74 Å². The van der Waals surface area contributed by atoms with Gasteiger partial charge in [-0.2, -0.15) is 17.5 Å². The van der Waals surface area contributed by atoms with Crippen molar-refractivity contribution in [1.82, 2.24) is 4.31 Å². The lowest BCUT2D eigenvalue weighted by atomic mass is 10.2. The Bertz CT molecular complexity index is 1140. The van der Waals surface area contributed by atoms with Gasteiger partial charge in [-0.05, 0) is 36.4 Å². The number of hydrogen-bond acceptors (Lipinski definition) is 5. The molecule has 7 nitrogen and oxygen atoms in total. The number of sulfonamides is 2. The van der Waals surface area contributed by atoms with Crippen LogP contribution in [0.15, 0.2) is 52.3 Å². The van der Waals surface area contributed by atoms with Gasteiger partial charge in [0.1, 0.15) is 10.7 Å². The molecule has 1 N–H and O–H groups in total. The summed E-state index contributed by atoms with van der Waals surface area (Å²) in [6, 6.07) is 5.55. The molecule has 2 aromatic rings. The van der Waals surface area contributed by atoms with Gasteiger partial charge in [-0.1, -0.05) is 6.07 Å². The molecule has 0 amide bonds. The van der Waals surface area contributed by atoms with E-state index in [1.54, 1.807) is 0 Å². The predicted octanol–water partition coefficient (Wildman–Crippen LogP) is 2.67. The van der Waals surface area contributed by atoms with Crippen LogP contribution in [0.1, 0.15) is 5.56 Å². The third-order valence-corrected chi connectivity index (χ3v) is 7.54. The average Bonchev–Trinajstić information content (AvgIpc) is 2.69. The summed E-state index contributed by atoms with van der Waals surface area (Å²) >= 11 is 0. The molecular weight excluding hydrogens is 452 g/mol. The van der Waals surface area contributed by atoms with Crippen LogP contribution in [0.2, 0.25) is 0 Å². The molecule has 0 aromatic heterocycles. The molecule has 2 aromatic carbocycles. The maximum absolute atomic E-state index is 14.2. The number of ether oxygens (including phenoxy) is 1. The number of rotatable bonds is 5. The van der Waals surface area contributed by atoms with E-state index in [1.165, 1.54) is 0 Å². The summed E-state index contributed by atoms with van der Waals surface area (Å²) in [4.78, 5) is -1.44. The molecule has 1 fully saturated rings. The number of morpholine rings is 1. The molecular formula is C17H16F4N2O5S2. The lowest BCUT2D eigenvalue weighted by Crippen LogP contribution is -2.40. The normalized spacial score (nSPS) is 16.4. The van der Waals surface area contributed by atoms with Crippen molar-refractivity contribution in [3.63, 3.8) is 0 Å². The van der Waals surface area contributed by atoms with Gasteiger partial charge in [0.15, 0.2) is 0 Å². The summed E-state index contributed by atoms with van der Waals surface area (Å²) in [6.07, 6.45) is -4.75. The first kappa shape index (κ1) is 22.5. The Labute approximate surface area is 170 Å². The van der Waals surface area contributed by atoms with Crippen molar-refractivity contribution in [1.29, 1.82) is 0 Å². The lowest BCUT2D eigenvalue weighted by Gasteiger charge is -2.26. The molecule has 1 aliphatic rings. The van der Waals surface area contributed by atoms with Gasteiger partial charge in [-0.3, -0.25) is 4.72 Å². The molecule has 0 atom stereocenters. The zero-order chi connectivity index (χ0) is 22.2. The number of halogens is 4. The third kappa shape index (κ3) is 4.74. The molecule has 13 heteroatoms. The van der Waals surface area contributed by atoms with Crippen LogP contribution < -0.4 is 4.72 Å². The zero-order valence-electron chi connectivity index (χ0n) is 15.2. The largest absolute Gasteiger partial charge is 0.416 e. The fourth-order valence-corrected chi connectivity index (χ4v) is 5.34. The van der Waals surface area contributed by atoms with E-state index < -0.39 is 47.4 Å². The van der Waals surface area contributed by atoms with E-state index in [4.69, 9.17) is 4.74 Å². The molecule has 0 unspecified atom stereocenters. The van der Waals surface area contributed by atoms with Crippen LogP contribution >= 0.6 is 0 Å². The van der Waals surface area contributed by atoms with Crippen LogP contribution in [-0.4, -0.2) is 47.4 Å². The Hall–Kier alpha value is -2.22. The molecule has 0 saturated carbocycles. The lowest BCUT2D eigenvalue weighted by molar-refractivity contribution is -0.137. The van der Waals surface area contributed by atoms with Crippen molar-refractivity contribution >= 4 is 25.7 Å². The summed E-state index contributed by atoms with van der Waals surface area (Å²) in [5, 5.41) is 0. The quantitative estimate of drug-likeness (QED) is 0.682. The molecule has 1 aliphatic heterocycles. The fraction of sp³-hybridized carbons (Fsp3) is 0.294. The predicted molar refractivity (Wildman–Crippen MR) is 98.2 cm³/mol. The number of nitrogens with one attached hydrogen (secondary N) is 1. The van der Waals surface area contributed by atoms with E-state index in [9.17, 15) is 34.4 Å². The first-order valence-corrected chi connectivity index (χ1v) is 11.4. The van der Waals surface area contributed by atoms with Gasteiger partial charge in [0, 0.05) is 13.1 Å². The third-order valence-electron chi connectivity index (χ3n) is 4.24. The smallest absolute Gasteiger partial charge is 0.379 e. The van der Waals surface area contributed by atoms with Crippen molar-refractivity contribution in [3.8, 4) is 0 Å². The van der Waals surface area contributed by atoms with Crippen LogP contribution in [0.25, 0.3) is 0 Å². The number of hydrogen-bond donors (Lipinski definition) is 1. The van der Waals surface area contributed by atoms with Gasteiger partial charge in [0.2, 0.25) is 10.0 Å². The first-order valence-electron chi connectivity index (χ1n) is 8.49. The average molecular weight is 468 g/mol. The number of anilines is 1. The summed E-state index contributed by atoms with van der Waals surface area (Å²) in [5.74, 6) is -1.09. The van der Waals surface area contributed by atoms with Crippen LogP contribution in [-0.2, 0) is 31.0 Å². The Kier molecular flexibility index (Phi) is 6.09. The molecule has 164 valence electrons. The van der Waals surface area contributed by atoms with Gasteiger partial charge in [-0.15, -0.1) is 0 Å². The molecule has 0 spiro atoms. The van der Waals surface area contributed by atoms with Crippen LogP contribution in [0, 0.1) is 5.82 Å². The number of alkyl halides is 3. The highest BCUT2D eigenvalue weighted by Gasteiger charge is 2.32. The topological polar surface area (TPSA) is 92.8 Å². The van der Waals surface area contributed by atoms with E-state index in [-0.39, 0.29) is 32.0 Å². The SMILES string of the molecule is O=S(=O)(Nc1ccc(F)c(S(=O)(=O)N2CCOCC2)c1)c1cccc(C(F)(F)F)c1. The van der Waals surface area contributed by atoms with Crippen molar-refractivity contribution in [3.05, 3.63) is 53.8 Å². The molecule has 0 bridgehead atoms. The minimum absolute atomic E-state index is 0.00195. The van der Waals surface area contributed by atoms with Crippen LogP contribution in [0.4, 0.5) is 23.2 Å². The highest BCUT2D eigenvalue weighted by atomic mass is 32.2. The molecule has 30 heavy (non-hydrogen) atoms. The molecule has 1 heterocycles. The van der Waals surface area contributed by atoms with E-state index in [1.807, 2.05) is 4.72 Å². The fourth-order valence-electron chi connectivity index (χ4n) is 2.74. The number of nitrogens with zero attached hydrogens (tertiary/aromatic N) is 1. The van der Waals surface area contributed by atoms with E-state index in [0.29, 0.717) is 12.1 Å². The highest BCUT2D eigenvalue weighted by Crippen LogP contribution is 2.31. The minimum Gasteiger partial charge on any atom is -0.379 e. The van der Waals surface area contributed by atoms with Crippen LogP contribution in [0.3, 0.4) is 0 Å². The number of benzene rings is 2. The standard InChI is InChI=1S/C17H16F4N2O5S2/c18-15-5-4-13(11-16(15)30(26,27)23-6-8-28-9-7-23)22-29(24,25)14-3-1-2-12(10-14)17(19,20)21/h1-5,10-11,22H,6-9H2. The summed E-state index contributed by atoms with van der Waals surface area (Å²) in [5.41, 5.74) is -1.49. The maximum atomic E-state index is 14.2. The zero-order valence-corrected chi connectivity index (χ0v) is 16.8. The second-order valence-corrected chi connectivity index (χ2v) is 9.88. The van der Waals surface area contributed by atoms with Crippen molar-refractivity contribution in [2.45, 2.75) is 16.0 Å². The maximum Gasteiger partial charge on any atom is 0.416 e. The Morgan fingerprint density at radius 3 is 2.27 bits per heavy atom. The monoisotopic (exact) mass is 468 g/mol. The summed E-state index contributed by atoms with van der Waals surface area (Å²) in [6.45, 7) is 0.259. The Morgan fingerprint density at radius 1 is 0.967 bits per heavy atom. The Morgan fingerprint density at radius 2 is 1.63 bits per heavy atom. The van der Waals surface area contributed by atoms with Gasteiger partial charge >= 0.3 is 6.18 Å². The van der Waals surface area contributed by atoms with Crippen LogP contribution in [0.5, 0.6) is 0 Å². The van der Waals surface area contributed by atoms with Crippen molar-refractivity contribution in [2.75, 3.05) is 31.0 Å². The van der Waals surface area contributed by atoms with Gasteiger partial charge in [0.25, 0.3) is 10.0 Å². The molecule has 0 radical (unpaired) electrons. The summed E-state index contributed by atoms with van der Waals surface area (Å²) in [7, 11) is -8.76. The highest BCUT2D eigenvalue weighted by molar-refractivity contribution is 7.92. The molecule has 0 aliphatic carbocycles. The van der Waals surface area contributed by atoms with Crippen molar-refractivity contribution in [2.24, 2.45) is 0 Å². The second kappa shape index (κ2) is 8.13. The molecule has 1 saturated heterocycles. The van der Waals surface area contributed by atoms with E-state index >= 15 is 0 Å². The summed E-state index contributed by atoms with van der Waals surface area (Å²) < 4.78 is 111. The second-order valence-electron chi connectivity index (χ2n) is 6.29. The van der Waals surface area contributed by atoms with E-state index in [2.05, 4.69) is 0 Å². The van der Waals surface area contributed by atoms with Gasteiger partial charge in [0.05, 0.1) is 29.4 Å². The Balaban J connectivity index is 1.93. The minimum atomic E-state index is -4.75. The van der Waals surface area contributed by atoms with Gasteiger partial charge in [-0.25, -0.2) is 21.2 Å². The van der Waals surface area contributed by atoms with E-state index in [0.717, 1.165) is 34.6 Å². The molecule has 3 rings (SSSR count).